The van der Waals surface area contributed by atoms with E-state index in [0.717, 1.165) is 19.5 Å². The molecule has 1 aromatic heterocycles. The summed E-state index contributed by atoms with van der Waals surface area (Å²) in [7, 11) is 4.09. The van der Waals surface area contributed by atoms with Gasteiger partial charge < -0.3 is 15.5 Å². The number of hydrogen-bond donors (Lipinski definition) is 2. The lowest BCUT2D eigenvalue weighted by Gasteiger charge is -2.10. The maximum absolute atomic E-state index is 11.8. The summed E-state index contributed by atoms with van der Waals surface area (Å²) in [6.45, 7) is 6.60. The van der Waals surface area contributed by atoms with Crippen LogP contribution < -0.4 is 10.6 Å². The third-order valence-corrected chi connectivity index (χ3v) is 2.65. The van der Waals surface area contributed by atoms with Crippen molar-refractivity contribution in [3.05, 3.63) is 18.0 Å². The molecule has 6 heteroatoms. The van der Waals surface area contributed by atoms with Crippen molar-refractivity contribution < 1.29 is 4.79 Å². The number of aromatic nitrogens is 2. The highest BCUT2D eigenvalue weighted by Gasteiger charge is 2.07. The van der Waals surface area contributed by atoms with Gasteiger partial charge in [-0.05, 0) is 33.0 Å². The van der Waals surface area contributed by atoms with Gasteiger partial charge in [0.1, 0.15) is 0 Å². The van der Waals surface area contributed by atoms with Crippen LogP contribution in [0.5, 0.6) is 0 Å². The maximum Gasteiger partial charge on any atom is 0.254 e. The number of nitrogens with one attached hydrogen (secondary N) is 2. The predicted octanol–water partition coefficient (Wildman–Crippen LogP) is 1.23. The molecule has 0 bridgehead atoms. The van der Waals surface area contributed by atoms with Gasteiger partial charge in [-0.15, -0.1) is 0 Å². The number of carbonyl (C=O) groups is 1. The van der Waals surface area contributed by atoms with Crippen LogP contribution >= 0.6 is 0 Å². The molecule has 112 valence electrons. The smallest absolute Gasteiger partial charge is 0.254 e. The van der Waals surface area contributed by atoms with Gasteiger partial charge in [-0.2, -0.15) is 0 Å². The molecule has 2 N–H and O–H groups in total. The number of rotatable bonds is 8. The van der Waals surface area contributed by atoms with Crippen molar-refractivity contribution in [2.45, 2.75) is 20.3 Å². The molecule has 0 unspecified atom stereocenters. The Morgan fingerprint density at radius 3 is 2.50 bits per heavy atom. The molecule has 1 amide bonds. The zero-order valence-corrected chi connectivity index (χ0v) is 12.8. The summed E-state index contributed by atoms with van der Waals surface area (Å²) in [6.07, 6.45) is 4.13. The topological polar surface area (TPSA) is 70.2 Å². The Morgan fingerprint density at radius 2 is 1.95 bits per heavy atom. The maximum atomic E-state index is 11.8. The monoisotopic (exact) mass is 279 g/mol. The SMILES string of the molecule is CC(C)CNC(=O)c1cnc(NCCCN(C)C)nc1. The number of amides is 1. The minimum Gasteiger partial charge on any atom is -0.354 e. The Bertz CT molecular complexity index is 403. The molecule has 0 aliphatic rings. The van der Waals surface area contributed by atoms with E-state index in [1.54, 1.807) is 12.4 Å². The predicted molar refractivity (Wildman–Crippen MR) is 80.9 cm³/mol. The highest BCUT2D eigenvalue weighted by Crippen LogP contribution is 2.01. The van der Waals surface area contributed by atoms with Crippen LogP contribution in [0.1, 0.15) is 30.6 Å². The van der Waals surface area contributed by atoms with Gasteiger partial charge >= 0.3 is 0 Å². The Kier molecular flexibility index (Phi) is 6.93. The Morgan fingerprint density at radius 1 is 1.30 bits per heavy atom. The third-order valence-electron chi connectivity index (χ3n) is 2.65. The first kappa shape index (κ1) is 16.4. The third kappa shape index (κ3) is 6.47. The van der Waals surface area contributed by atoms with Crippen molar-refractivity contribution in [3.8, 4) is 0 Å². The van der Waals surface area contributed by atoms with Gasteiger partial charge in [0.05, 0.1) is 5.56 Å². The van der Waals surface area contributed by atoms with E-state index in [2.05, 4.69) is 39.3 Å². The van der Waals surface area contributed by atoms with E-state index in [9.17, 15) is 4.79 Å². The molecule has 0 radical (unpaired) electrons. The van der Waals surface area contributed by atoms with Crippen molar-refractivity contribution >= 4 is 11.9 Å². The summed E-state index contributed by atoms with van der Waals surface area (Å²) >= 11 is 0. The molecule has 0 aliphatic carbocycles. The van der Waals surface area contributed by atoms with Gasteiger partial charge in [0.2, 0.25) is 5.95 Å². The lowest BCUT2D eigenvalue weighted by Crippen LogP contribution is -2.27. The first-order chi connectivity index (χ1) is 9.49. The van der Waals surface area contributed by atoms with E-state index in [4.69, 9.17) is 0 Å². The van der Waals surface area contributed by atoms with Crippen molar-refractivity contribution in [2.24, 2.45) is 5.92 Å². The molecule has 0 spiro atoms. The fourth-order valence-electron chi connectivity index (χ4n) is 1.53. The van der Waals surface area contributed by atoms with Crippen LogP contribution in [-0.4, -0.2) is 54.5 Å². The molecule has 0 atom stereocenters. The van der Waals surface area contributed by atoms with E-state index in [0.29, 0.717) is 24.0 Å². The number of hydrogen-bond acceptors (Lipinski definition) is 5. The van der Waals surface area contributed by atoms with Crippen LogP contribution in [0.15, 0.2) is 12.4 Å². The largest absolute Gasteiger partial charge is 0.354 e. The van der Waals surface area contributed by atoms with Crippen LogP contribution in [0.3, 0.4) is 0 Å². The summed E-state index contributed by atoms with van der Waals surface area (Å²) in [5.74, 6) is 0.861. The van der Waals surface area contributed by atoms with Crippen LogP contribution in [0, 0.1) is 5.92 Å². The first-order valence-corrected chi connectivity index (χ1v) is 6.98. The number of anilines is 1. The van der Waals surface area contributed by atoms with E-state index in [1.807, 2.05) is 14.1 Å². The van der Waals surface area contributed by atoms with E-state index < -0.39 is 0 Å². The van der Waals surface area contributed by atoms with Gasteiger partial charge in [0, 0.05) is 25.5 Å². The summed E-state index contributed by atoms with van der Waals surface area (Å²) in [4.78, 5) is 22.2. The number of nitrogens with zero attached hydrogens (tertiary/aromatic N) is 3. The van der Waals surface area contributed by atoms with E-state index in [-0.39, 0.29) is 5.91 Å². The highest BCUT2D eigenvalue weighted by atomic mass is 16.1. The molecule has 20 heavy (non-hydrogen) atoms. The van der Waals surface area contributed by atoms with Crippen LogP contribution in [0.4, 0.5) is 5.95 Å². The molecule has 0 saturated carbocycles. The number of carbonyl (C=O) groups excluding carboxylic acids is 1. The minimum absolute atomic E-state index is 0.127. The van der Waals surface area contributed by atoms with Gasteiger partial charge in [0.25, 0.3) is 5.91 Å². The highest BCUT2D eigenvalue weighted by molar-refractivity contribution is 5.93. The first-order valence-electron chi connectivity index (χ1n) is 6.98. The fourth-order valence-corrected chi connectivity index (χ4v) is 1.53. The van der Waals surface area contributed by atoms with E-state index in [1.165, 1.54) is 0 Å². The fraction of sp³-hybridized carbons (Fsp3) is 0.643. The molecule has 1 aromatic rings. The molecule has 6 nitrogen and oxygen atoms in total. The summed E-state index contributed by atoms with van der Waals surface area (Å²) in [5, 5.41) is 5.97. The molecular formula is C14H25N5O. The zero-order valence-electron chi connectivity index (χ0n) is 12.8. The standard InChI is InChI=1S/C14H25N5O/c1-11(2)8-16-13(20)12-9-17-14(18-10-12)15-6-5-7-19(3)4/h9-11H,5-8H2,1-4H3,(H,16,20)(H,15,17,18). The molecule has 1 heterocycles. The summed E-state index contributed by atoms with van der Waals surface area (Å²) in [5.41, 5.74) is 0.490. The van der Waals surface area contributed by atoms with Crippen LogP contribution in [0.25, 0.3) is 0 Å². The molecular weight excluding hydrogens is 254 g/mol. The van der Waals surface area contributed by atoms with Crippen molar-refractivity contribution in [1.29, 1.82) is 0 Å². The quantitative estimate of drug-likeness (QED) is 0.700. The summed E-state index contributed by atoms with van der Waals surface area (Å²) < 4.78 is 0. The van der Waals surface area contributed by atoms with Crippen molar-refractivity contribution in [2.75, 3.05) is 39.0 Å². The molecule has 0 aliphatic heterocycles. The van der Waals surface area contributed by atoms with Gasteiger partial charge in [-0.1, -0.05) is 13.8 Å². The van der Waals surface area contributed by atoms with Crippen LogP contribution in [0.2, 0.25) is 0 Å². The summed E-state index contributed by atoms with van der Waals surface area (Å²) in [6, 6.07) is 0. The molecule has 0 saturated heterocycles. The second kappa shape index (κ2) is 8.47. The minimum atomic E-state index is -0.127. The average molecular weight is 279 g/mol. The Labute approximate surface area is 121 Å². The molecule has 0 aromatic carbocycles. The van der Waals surface area contributed by atoms with Crippen LogP contribution in [-0.2, 0) is 0 Å². The second-order valence-electron chi connectivity index (χ2n) is 5.48. The van der Waals surface area contributed by atoms with Gasteiger partial charge in [-0.3, -0.25) is 4.79 Å². The van der Waals surface area contributed by atoms with Crippen molar-refractivity contribution in [3.63, 3.8) is 0 Å². The molecule has 0 fully saturated rings. The average Bonchev–Trinajstić information content (AvgIpc) is 2.41. The van der Waals surface area contributed by atoms with Crippen molar-refractivity contribution in [1.82, 2.24) is 20.2 Å². The van der Waals surface area contributed by atoms with Gasteiger partial charge in [0.15, 0.2) is 0 Å². The Hall–Kier alpha value is -1.69. The Balaban J connectivity index is 2.37. The second-order valence-corrected chi connectivity index (χ2v) is 5.48. The zero-order chi connectivity index (χ0) is 15.0. The van der Waals surface area contributed by atoms with E-state index >= 15 is 0 Å². The van der Waals surface area contributed by atoms with Gasteiger partial charge in [-0.25, -0.2) is 9.97 Å². The lowest BCUT2D eigenvalue weighted by molar-refractivity contribution is 0.0948. The molecule has 1 rings (SSSR count). The normalized spacial score (nSPS) is 10.9. The lowest BCUT2D eigenvalue weighted by atomic mass is 10.2.